The van der Waals surface area contributed by atoms with Crippen LogP contribution >= 0.6 is 11.8 Å². The van der Waals surface area contributed by atoms with Crippen molar-refractivity contribution in [1.82, 2.24) is 14.6 Å². The van der Waals surface area contributed by atoms with Crippen LogP contribution in [0.25, 0.3) is 5.65 Å². The summed E-state index contributed by atoms with van der Waals surface area (Å²) in [5, 5.41) is 7.59. The number of hydrogen-bond donors (Lipinski definition) is 1. The van der Waals surface area contributed by atoms with E-state index in [-0.39, 0.29) is 5.56 Å². The first-order chi connectivity index (χ1) is 7.86. The van der Waals surface area contributed by atoms with Gasteiger partial charge in [-0.3, -0.25) is 9.89 Å². The molecule has 4 nitrogen and oxygen atoms in total. The molecule has 0 radical (unpaired) electrons. The van der Waals surface area contributed by atoms with E-state index in [9.17, 15) is 4.79 Å². The van der Waals surface area contributed by atoms with Crippen molar-refractivity contribution in [2.24, 2.45) is 0 Å². The number of hydrogen-bond acceptors (Lipinski definition) is 3. The molecular weight excluding hydrogens is 222 g/mol. The summed E-state index contributed by atoms with van der Waals surface area (Å²) in [5.41, 5.74) is 0.793. The van der Waals surface area contributed by atoms with Crippen LogP contribution in [0.2, 0.25) is 0 Å². The fourth-order valence-corrected chi connectivity index (χ4v) is 3.43. The van der Waals surface area contributed by atoms with Crippen molar-refractivity contribution >= 4 is 17.4 Å². The van der Waals surface area contributed by atoms with Crippen LogP contribution in [0.4, 0.5) is 0 Å². The smallest absolute Gasteiger partial charge is 0.257 e. The fraction of sp³-hybridized carbons (Fsp3) is 0.455. The number of nitrogens with one attached hydrogen (secondary N) is 1. The highest BCUT2D eigenvalue weighted by Gasteiger charge is 2.21. The van der Waals surface area contributed by atoms with E-state index >= 15 is 0 Å². The molecule has 1 fully saturated rings. The van der Waals surface area contributed by atoms with Crippen LogP contribution in [0.5, 0.6) is 0 Å². The lowest BCUT2D eigenvalue weighted by molar-refractivity contribution is 0.655. The lowest BCUT2D eigenvalue weighted by Gasteiger charge is -2.19. The Morgan fingerprint density at radius 1 is 1.44 bits per heavy atom. The van der Waals surface area contributed by atoms with Crippen LogP contribution in [0, 0.1) is 0 Å². The van der Waals surface area contributed by atoms with Crippen molar-refractivity contribution in [1.29, 1.82) is 0 Å². The molecule has 0 aliphatic carbocycles. The van der Waals surface area contributed by atoms with Crippen molar-refractivity contribution in [3.8, 4) is 0 Å². The minimum Gasteiger partial charge on any atom is -0.269 e. The molecule has 1 atom stereocenters. The van der Waals surface area contributed by atoms with Crippen LogP contribution in [0.15, 0.2) is 23.0 Å². The van der Waals surface area contributed by atoms with Gasteiger partial charge in [0.15, 0.2) is 5.82 Å². The molecule has 3 rings (SSSR count). The lowest BCUT2D eigenvalue weighted by Crippen LogP contribution is -2.16. The summed E-state index contributed by atoms with van der Waals surface area (Å²) in [6.45, 7) is 0. The first-order valence-electron chi connectivity index (χ1n) is 5.54. The van der Waals surface area contributed by atoms with Crippen LogP contribution < -0.4 is 5.56 Å². The van der Waals surface area contributed by atoms with Crippen LogP contribution in [0.3, 0.4) is 0 Å². The predicted octanol–water partition coefficient (Wildman–Crippen LogP) is 1.98. The van der Waals surface area contributed by atoms with Gasteiger partial charge in [0.25, 0.3) is 5.56 Å². The Morgan fingerprint density at radius 2 is 2.38 bits per heavy atom. The highest BCUT2D eigenvalue weighted by molar-refractivity contribution is 7.99. The number of nitrogens with zero attached hydrogens (tertiary/aromatic N) is 2. The number of aromatic amines is 1. The Hall–Kier alpha value is -1.23. The topological polar surface area (TPSA) is 50.2 Å². The maximum atomic E-state index is 11.8. The third-order valence-corrected chi connectivity index (χ3v) is 4.31. The molecule has 2 aromatic rings. The molecule has 1 saturated heterocycles. The minimum atomic E-state index is 0.00687. The third-order valence-electron chi connectivity index (χ3n) is 2.94. The summed E-state index contributed by atoms with van der Waals surface area (Å²) in [5.74, 6) is 2.05. The largest absolute Gasteiger partial charge is 0.269 e. The van der Waals surface area contributed by atoms with Gasteiger partial charge in [0.1, 0.15) is 5.65 Å². The van der Waals surface area contributed by atoms with Gasteiger partial charge in [0.2, 0.25) is 0 Å². The van der Waals surface area contributed by atoms with Crippen molar-refractivity contribution < 1.29 is 0 Å². The number of aromatic nitrogens is 3. The molecule has 0 spiro atoms. The van der Waals surface area contributed by atoms with E-state index in [1.807, 2.05) is 17.8 Å². The molecule has 1 N–H and O–H groups in total. The summed E-state index contributed by atoms with van der Waals surface area (Å²) in [7, 11) is 0. The first-order valence-corrected chi connectivity index (χ1v) is 6.59. The van der Waals surface area contributed by atoms with Gasteiger partial charge in [0.05, 0.1) is 5.25 Å². The van der Waals surface area contributed by atoms with Gasteiger partial charge in [-0.25, -0.2) is 4.40 Å². The second kappa shape index (κ2) is 3.97. The highest BCUT2D eigenvalue weighted by atomic mass is 32.2. The molecule has 2 aromatic heterocycles. The molecular formula is C11H13N3OS. The second-order valence-corrected chi connectivity index (χ2v) is 5.33. The van der Waals surface area contributed by atoms with E-state index in [1.54, 1.807) is 16.5 Å². The van der Waals surface area contributed by atoms with Crippen molar-refractivity contribution in [3.05, 3.63) is 34.4 Å². The Labute approximate surface area is 97.1 Å². The Balaban J connectivity index is 2.12. The molecule has 0 amide bonds. The minimum absolute atomic E-state index is 0.00687. The normalized spacial score (nSPS) is 21.4. The SMILES string of the molecule is O=c1cccc2[nH]nc(C3CCCCS3)n12. The zero-order chi connectivity index (χ0) is 11.0. The average molecular weight is 235 g/mol. The molecule has 16 heavy (non-hydrogen) atoms. The van der Waals surface area contributed by atoms with Crippen LogP contribution in [-0.2, 0) is 0 Å². The van der Waals surface area contributed by atoms with E-state index in [0.29, 0.717) is 5.25 Å². The molecule has 0 saturated carbocycles. The summed E-state index contributed by atoms with van der Waals surface area (Å²) in [4.78, 5) is 11.8. The Kier molecular flexibility index (Phi) is 2.47. The van der Waals surface area contributed by atoms with Crippen molar-refractivity contribution in [2.45, 2.75) is 24.5 Å². The van der Waals surface area contributed by atoms with Crippen molar-refractivity contribution in [2.75, 3.05) is 5.75 Å². The van der Waals surface area contributed by atoms with E-state index in [2.05, 4.69) is 10.2 Å². The second-order valence-electron chi connectivity index (χ2n) is 4.02. The van der Waals surface area contributed by atoms with Crippen LogP contribution in [0.1, 0.15) is 30.3 Å². The van der Waals surface area contributed by atoms with E-state index in [1.165, 1.54) is 18.6 Å². The molecule has 84 valence electrons. The molecule has 3 heterocycles. The van der Waals surface area contributed by atoms with Gasteiger partial charge in [-0.1, -0.05) is 12.5 Å². The number of H-pyrrole nitrogens is 1. The molecule has 1 aliphatic rings. The van der Waals surface area contributed by atoms with Gasteiger partial charge in [-0.05, 0) is 24.7 Å². The number of pyridine rings is 1. The summed E-state index contributed by atoms with van der Waals surface area (Å²) in [6.07, 6.45) is 3.62. The first kappa shape index (κ1) is 9.96. The van der Waals surface area contributed by atoms with Gasteiger partial charge >= 0.3 is 0 Å². The quantitative estimate of drug-likeness (QED) is 0.822. The third kappa shape index (κ3) is 1.55. The standard InChI is InChI=1S/C11H13N3OS/c15-10-6-3-5-9-12-13-11(14(9)10)8-4-1-2-7-16-8/h3,5-6,8,12H,1-2,4,7H2. The number of fused-ring (bicyclic) bond motifs is 1. The Bertz CT molecular complexity index is 554. The predicted molar refractivity (Wildman–Crippen MR) is 64.9 cm³/mol. The van der Waals surface area contributed by atoms with E-state index < -0.39 is 0 Å². The highest BCUT2D eigenvalue weighted by Crippen LogP contribution is 2.36. The zero-order valence-corrected chi connectivity index (χ0v) is 9.67. The summed E-state index contributed by atoms with van der Waals surface area (Å²) in [6, 6.07) is 5.22. The fourth-order valence-electron chi connectivity index (χ4n) is 2.14. The maximum Gasteiger partial charge on any atom is 0.257 e. The monoisotopic (exact) mass is 235 g/mol. The molecule has 5 heteroatoms. The van der Waals surface area contributed by atoms with Gasteiger partial charge in [-0.2, -0.15) is 16.9 Å². The molecule has 0 bridgehead atoms. The van der Waals surface area contributed by atoms with E-state index in [0.717, 1.165) is 17.9 Å². The number of thioether (sulfide) groups is 1. The summed E-state index contributed by atoms with van der Waals surface area (Å²) >= 11 is 1.90. The lowest BCUT2D eigenvalue weighted by atomic mass is 10.2. The molecule has 0 aromatic carbocycles. The summed E-state index contributed by atoms with van der Waals surface area (Å²) < 4.78 is 1.70. The van der Waals surface area contributed by atoms with Crippen LogP contribution in [-0.4, -0.2) is 20.4 Å². The zero-order valence-electron chi connectivity index (χ0n) is 8.85. The van der Waals surface area contributed by atoms with Gasteiger partial charge in [-0.15, -0.1) is 0 Å². The average Bonchev–Trinajstić information content (AvgIpc) is 2.75. The number of rotatable bonds is 1. The van der Waals surface area contributed by atoms with Gasteiger partial charge < -0.3 is 0 Å². The maximum absolute atomic E-state index is 11.8. The van der Waals surface area contributed by atoms with Crippen molar-refractivity contribution in [3.63, 3.8) is 0 Å². The van der Waals surface area contributed by atoms with Gasteiger partial charge in [0, 0.05) is 6.07 Å². The van der Waals surface area contributed by atoms with E-state index in [4.69, 9.17) is 0 Å². The molecule has 1 unspecified atom stereocenters. The Morgan fingerprint density at radius 3 is 3.19 bits per heavy atom. The molecule has 1 aliphatic heterocycles.